The number of esters is 1. The summed E-state index contributed by atoms with van der Waals surface area (Å²) in [5, 5.41) is 0. The second kappa shape index (κ2) is 9.26. The summed E-state index contributed by atoms with van der Waals surface area (Å²) >= 11 is 0. The Morgan fingerprint density at radius 1 is 1.08 bits per heavy atom. The van der Waals surface area contributed by atoms with Gasteiger partial charge in [0, 0.05) is 0 Å². The van der Waals surface area contributed by atoms with Crippen LogP contribution in [0.25, 0.3) is 0 Å². The average molecular weight is 340 g/mol. The maximum absolute atomic E-state index is 12.6. The summed E-state index contributed by atoms with van der Waals surface area (Å²) in [5.41, 5.74) is 3.92. The van der Waals surface area contributed by atoms with E-state index >= 15 is 0 Å². The number of hydrogen-bond acceptors (Lipinski definition) is 3. The molecule has 0 spiro atoms. The SMILES string of the molecule is CCc1cc(C(=O)OCc2ccccc2)c(OC)cc1C[C@H](C)CC. The van der Waals surface area contributed by atoms with Crippen molar-refractivity contribution < 1.29 is 14.3 Å². The molecule has 0 unspecified atom stereocenters. The number of carbonyl (C=O) groups excluding carboxylic acids is 1. The van der Waals surface area contributed by atoms with E-state index in [0.717, 1.165) is 24.8 Å². The van der Waals surface area contributed by atoms with Gasteiger partial charge in [0.15, 0.2) is 0 Å². The number of hydrogen-bond donors (Lipinski definition) is 0. The lowest BCUT2D eigenvalue weighted by molar-refractivity contribution is 0.0469. The molecule has 3 heteroatoms. The van der Waals surface area contributed by atoms with Gasteiger partial charge in [-0.25, -0.2) is 4.79 Å². The van der Waals surface area contributed by atoms with Gasteiger partial charge in [0.25, 0.3) is 0 Å². The molecule has 1 atom stereocenters. The fourth-order valence-electron chi connectivity index (χ4n) is 2.83. The average Bonchev–Trinajstić information content (AvgIpc) is 2.66. The van der Waals surface area contributed by atoms with E-state index in [1.165, 1.54) is 11.1 Å². The number of aryl methyl sites for hydroxylation is 1. The van der Waals surface area contributed by atoms with Crippen LogP contribution in [0.2, 0.25) is 0 Å². The van der Waals surface area contributed by atoms with Crippen LogP contribution in [0.4, 0.5) is 0 Å². The molecule has 25 heavy (non-hydrogen) atoms. The van der Waals surface area contributed by atoms with Crippen molar-refractivity contribution in [3.63, 3.8) is 0 Å². The second-order valence-electron chi connectivity index (χ2n) is 6.45. The van der Waals surface area contributed by atoms with Crippen molar-refractivity contribution in [1.82, 2.24) is 0 Å². The molecule has 0 aliphatic rings. The third-order valence-corrected chi connectivity index (χ3v) is 4.60. The van der Waals surface area contributed by atoms with E-state index in [1.54, 1.807) is 7.11 Å². The van der Waals surface area contributed by atoms with Crippen LogP contribution in [0.15, 0.2) is 42.5 Å². The summed E-state index contributed by atoms with van der Waals surface area (Å²) in [6.07, 6.45) is 3.01. The monoisotopic (exact) mass is 340 g/mol. The molecule has 2 aromatic rings. The third kappa shape index (κ3) is 5.09. The highest BCUT2D eigenvalue weighted by atomic mass is 16.5. The molecule has 0 bridgehead atoms. The molecular formula is C22H28O3. The Morgan fingerprint density at radius 2 is 1.80 bits per heavy atom. The molecule has 0 radical (unpaired) electrons. The Kier molecular flexibility index (Phi) is 7.05. The van der Waals surface area contributed by atoms with E-state index < -0.39 is 0 Å². The summed E-state index contributed by atoms with van der Waals surface area (Å²) in [5.74, 6) is 0.852. The zero-order chi connectivity index (χ0) is 18.2. The predicted molar refractivity (Wildman–Crippen MR) is 101 cm³/mol. The van der Waals surface area contributed by atoms with E-state index in [2.05, 4.69) is 20.8 Å². The van der Waals surface area contributed by atoms with Gasteiger partial charge in [-0.2, -0.15) is 0 Å². The Bertz CT molecular complexity index is 692. The lowest BCUT2D eigenvalue weighted by Gasteiger charge is -2.17. The molecule has 0 saturated heterocycles. The molecule has 2 aromatic carbocycles. The summed E-state index contributed by atoms with van der Waals surface area (Å²) in [7, 11) is 1.60. The Morgan fingerprint density at radius 3 is 2.40 bits per heavy atom. The first-order valence-corrected chi connectivity index (χ1v) is 8.99. The van der Waals surface area contributed by atoms with Gasteiger partial charge in [-0.3, -0.25) is 0 Å². The Balaban J connectivity index is 2.22. The zero-order valence-electron chi connectivity index (χ0n) is 15.7. The molecule has 3 nitrogen and oxygen atoms in total. The van der Waals surface area contributed by atoms with Crippen molar-refractivity contribution in [3.05, 3.63) is 64.7 Å². The van der Waals surface area contributed by atoms with E-state index in [-0.39, 0.29) is 12.6 Å². The lowest BCUT2D eigenvalue weighted by Crippen LogP contribution is -2.10. The van der Waals surface area contributed by atoms with E-state index in [1.807, 2.05) is 42.5 Å². The molecule has 0 fully saturated rings. The fraction of sp³-hybridized carbons (Fsp3) is 0.409. The third-order valence-electron chi connectivity index (χ3n) is 4.60. The molecular weight excluding hydrogens is 312 g/mol. The van der Waals surface area contributed by atoms with Crippen LogP contribution in [-0.4, -0.2) is 13.1 Å². The summed E-state index contributed by atoms with van der Waals surface area (Å²) in [4.78, 5) is 12.6. The smallest absolute Gasteiger partial charge is 0.342 e. The molecule has 0 amide bonds. The second-order valence-corrected chi connectivity index (χ2v) is 6.45. The molecule has 0 aromatic heterocycles. The van der Waals surface area contributed by atoms with Crippen molar-refractivity contribution in [1.29, 1.82) is 0 Å². The van der Waals surface area contributed by atoms with E-state index in [4.69, 9.17) is 9.47 Å². The minimum absolute atomic E-state index is 0.263. The number of carbonyl (C=O) groups is 1. The maximum Gasteiger partial charge on any atom is 0.342 e. The van der Waals surface area contributed by atoms with Gasteiger partial charge < -0.3 is 9.47 Å². The molecule has 0 aliphatic heterocycles. The molecule has 2 rings (SSSR count). The highest BCUT2D eigenvalue weighted by Crippen LogP contribution is 2.27. The zero-order valence-corrected chi connectivity index (χ0v) is 15.7. The van der Waals surface area contributed by atoms with Crippen LogP contribution >= 0.6 is 0 Å². The maximum atomic E-state index is 12.6. The van der Waals surface area contributed by atoms with Crippen molar-refractivity contribution in [2.45, 2.75) is 46.6 Å². The minimum Gasteiger partial charge on any atom is -0.496 e. The van der Waals surface area contributed by atoms with Crippen LogP contribution in [0, 0.1) is 5.92 Å². The van der Waals surface area contributed by atoms with E-state index in [9.17, 15) is 4.79 Å². The Hall–Kier alpha value is -2.29. The van der Waals surface area contributed by atoms with Crippen LogP contribution < -0.4 is 4.74 Å². The molecule has 0 aliphatic carbocycles. The number of ether oxygens (including phenoxy) is 2. The number of benzene rings is 2. The Labute approximate surface area is 151 Å². The quantitative estimate of drug-likeness (QED) is 0.619. The largest absolute Gasteiger partial charge is 0.496 e. The molecule has 0 saturated carbocycles. The molecule has 134 valence electrons. The summed E-state index contributed by atoms with van der Waals surface area (Å²) in [6, 6.07) is 13.6. The van der Waals surface area contributed by atoms with Crippen LogP contribution in [-0.2, 0) is 24.2 Å². The van der Waals surface area contributed by atoms with Gasteiger partial charge >= 0.3 is 5.97 Å². The van der Waals surface area contributed by atoms with Crippen LogP contribution in [0.1, 0.15) is 54.2 Å². The first-order chi connectivity index (χ1) is 12.1. The number of rotatable bonds is 8. The fourth-order valence-corrected chi connectivity index (χ4v) is 2.83. The van der Waals surface area contributed by atoms with Crippen molar-refractivity contribution in [2.75, 3.05) is 7.11 Å². The minimum atomic E-state index is -0.342. The van der Waals surface area contributed by atoms with Gasteiger partial charge in [-0.05, 0) is 47.6 Å². The van der Waals surface area contributed by atoms with E-state index in [0.29, 0.717) is 17.2 Å². The van der Waals surface area contributed by atoms with Gasteiger partial charge in [-0.15, -0.1) is 0 Å². The van der Waals surface area contributed by atoms with Crippen molar-refractivity contribution in [3.8, 4) is 5.75 Å². The first-order valence-electron chi connectivity index (χ1n) is 8.99. The van der Waals surface area contributed by atoms with Crippen molar-refractivity contribution in [2.24, 2.45) is 5.92 Å². The normalized spacial score (nSPS) is 11.8. The molecule has 0 heterocycles. The van der Waals surface area contributed by atoms with Gasteiger partial charge in [0.1, 0.15) is 17.9 Å². The topological polar surface area (TPSA) is 35.5 Å². The molecule has 0 N–H and O–H groups in total. The number of methoxy groups -OCH3 is 1. The highest BCUT2D eigenvalue weighted by Gasteiger charge is 2.18. The lowest BCUT2D eigenvalue weighted by atomic mass is 9.92. The highest BCUT2D eigenvalue weighted by molar-refractivity contribution is 5.93. The predicted octanol–water partition coefficient (Wildman–Crippen LogP) is 5.20. The summed E-state index contributed by atoms with van der Waals surface area (Å²) < 4.78 is 11.0. The van der Waals surface area contributed by atoms with Gasteiger partial charge in [0.2, 0.25) is 0 Å². The van der Waals surface area contributed by atoms with Gasteiger partial charge in [0.05, 0.1) is 7.11 Å². The van der Waals surface area contributed by atoms with Crippen molar-refractivity contribution >= 4 is 5.97 Å². The standard InChI is InChI=1S/C22H28O3/c1-5-16(3)12-19-14-21(24-4)20(13-18(19)6-2)22(23)25-15-17-10-8-7-9-11-17/h7-11,13-14,16H,5-6,12,15H2,1-4H3/t16-/m1/s1. The summed E-state index contributed by atoms with van der Waals surface area (Å²) in [6.45, 7) is 6.82. The van der Waals surface area contributed by atoms with Crippen LogP contribution in [0.5, 0.6) is 5.75 Å². The first kappa shape index (κ1) is 19.0. The van der Waals surface area contributed by atoms with Gasteiger partial charge in [-0.1, -0.05) is 57.5 Å². The van der Waals surface area contributed by atoms with Crippen LogP contribution in [0.3, 0.4) is 0 Å².